The molecule has 2 unspecified atom stereocenters. The molecule has 3 rings (SSSR count). The first-order valence-electron chi connectivity index (χ1n) is 13.8. The van der Waals surface area contributed by atoms with Crippen LogP contribution in [0.1, 0.15) is 49.7 Å². The summed E-state index contributed by atoms with van der Waals surface area (Å²) in [7, 11) is 1.32. The van der Waals surface area contributed by atoms with Crippen LogP contribution in [0.5, 0.6) is 11.5 Å². The van der Waals surface area contributed by atoms with E-state index in [1.165, 1.54) is 26.3 Å². The van der Waals surface area contributed by atoms with Gasteiger partial charge >= 0.3 is 23.9 Å². The van der Waals surface area contributed by atoms with Crippen LogP contribution < -0.4 is 14.8 Å². The van der Waals surface area contributed by atoms with Crippen LogP contribution in [0.4, 0.5) is 0 Å². The van der Waals surface area contributed by atoms with Gasteiger partial charge < -0.3 is 29.0 Å². The molecule has 1 aromatic carbocycles. The minimum absolute atomic E-state index is 0.00189. The lowest BCUT2D eigenvalue weighted by Crippen LogP contribution is -2.47. The van der Waals surface area contributed by atoms with Crippen LogP contribution in [0, 0.1) is 11.8 Å². The van der Waals surface area contributed by atoms with E-state index in [0.717, 1.165) is 5.56 Å². The number of esters is 4. The van der Waals surface area contributed by atoms with Gasteiger partial charge in [0, 0.05) is 18.7 Å². The Hall–Kier alpha value is -4.74. The van der Waals surface area contributed by atoms with E-state index in [9.17, 15) is 24.0 Å². The summed E-state index contributed by atoms with van der Waals surface area (Å²) in [5, 5.41) is 2.44. The number of carbonyl (C=O) groups is 5. The molecule has 2 aromatic rings. The second-order valence-corrected chi connectivity index (χ2v) is 10.1. The number of benzene rings is 1. The number of pyridine rings is 1. The van der Waals surface area contributed by atoms with Gasteiger partial charge in [0.2, 0.25) is 5.75 Å². The number of ether oxygens (including phenoxy) is 5. The Morgan fingerprint density at radius 3 is 2.51 bits per heavy atom. The van der Waals surface area contributed by atoms with Crippen molar-refractivity contribution in [3.63, 3.8) is 0 Å². The maximum absolute atomic E-state index is 13.4. The summed E-state index contributed by atoms with van der Waals surface area (Å²) < 4.78 is 27.4. The summed E-state index contributed by atoms with van der Waals surface area (Å²) in [6.07, 6.45) is 1.05. The van der Waals surface area contributed by atoms with Crippen molar-refractivity contribution in [2.24, 2.45) is 11.8 Å². The topological polar surface area (TPSA) is 156 Å². The highest BCUT2D eigenvalue weighted by Crippen LogP contribution is 2.30. The molecule has 0 bridgehead atoms. The van der Waals surface area contributed by atoms with Gasteiger partial charge in [-0.25, -0.2) is 9.78 Å². The normalized spacial score (nSPS) is 20.4. The molecule has 12 heteroatoms. The predicted molar refractivity (Wildman–Crippen MR) is 152 cm³/mol. The Kier molecular flexibility index (Phi) is 11.8. The fourth-order valence-electron chi connectivity index (χ4n) is 4.21. The Balaban J connectivity index is 1.88. The zero-order chi connectivity index (χ0) is 31.5. The van der Waals surface area contributed by atoms with Gasteiger partial charge in [0.15, 0.2) is 23.6 Å². The van der Waals surface area contributed by atoms with Crippen LogP contribution in [0.25, 0.3) is 0 Å². The van der Waals surface area contributed by atoms with E-state index in [-0.39, 0.29) is 30.0 Å². The van der Waals surface area contributed by atoms with E-state index in [0.29, 0.717) is 6.42 Å². The van der Waals surface area contributed by atoms with E-state index in [4.69, 9.17) is 23.7 Å². The van der Waals surface area contributed by atoms with Crippen molar-refractivity contribution in [3.05, 3.63) is 66.5 Å². The molecule has 12 nitrogen and oxygen atoms in total. The van der Waals surface area contributed by atoms with Crippen molar-refractivity contribution in [2.75, 3.05) is 13.7 Å². The van der Waals surface area contributed by atoms with Crippen molar-refractivity contribution in [1.29, 1.82) is 0 Å². The number of methoxy groups -OCH3 is 1. The van der Waals surface area contributed by atoms with Gasteiger partial charge in [-0.3, -0.25) is 19.2 Å². The van der Waals surface area contributed by atoms with E-state index in [1.54, 1.807) is 32.1 Å². The minimum Gasteiger partial charge on any atom is -0.493 e. The zero-order valence-corrected chi connectivity index (χ0v) is 24.6. The third-order valence-electron chi connectivity index (χ3n) is 6.54. The smallest absolute Gasteiger partial charge is 0.332 e. The lowest BCUT2D eigenvalue weighted by atomic mass is 9.91. The first-order chi connectivity index (χ1) is 20.5. The first-order valence-corrected chi connectivity index (χ1v) is 13.8. The Bertz CT molecular complexity index is 1330. The molecule has 0 aliphatic carbocycles. The highest BCUT2D eigenvalue weighted by atomic mass is 16.6. The number of amides is 1. The van der Waals surface area contributed by atoms with Gasteiger partial charge in [-0.05, 0) is 25.3 Å². The number of nitrogens with zero attached hydrogens (tertiary/aromatic N) is 1. The summed E-state index contributed by atoms with van der Waals surface area (Å²) >= 11 is 0. The third-order valence-corrected chi connectivity index (χ3v) is 6.54. The lowest BCUT2D eigenvalue weighted by molar-refractivity contribution is -0.176. The molecule has 43 heavy (non-hydrogen) atoms. The van der Waals surface area contributed by atoms with Crippen molar-refractivity contribution < 1.29 is 47.7 Å². The number of hydrogen-bond acceptors (Lipinski definition) is 11. The standard InChI is InChI=1S/C31H36N2O10/c1-6-7-13-24(34)42-27-23(39-5)14-15-32-25(27)28(35)33-22-17-40-30(37)21(16-20-11-9-8-10-12-20)26(19(4)41-31(22)38)43-29(36)18(2)3/h6,8-12,14-15,18-19,21-22,26H,1,7,13,16-17H2,2-5H3,(H,33,35)/t19-,21+,22?,26?/m0/s1. The number of allylic oxidation sites excluding steroid dienone is 1. The first kappa shape index (κ1) is 32.8. The van der Waals surface area contributed by atoms with Gasteiger partial charge in [0.25, 0.3) is 5.91 Å². The summed E-state index contributed by atoms with van der Waals surface area (Å²) in [5.74, 6) is -5.55. The van der Waals surface area contributed by atoms with Gasteiger partial charge in [-0.1, -0.05) is 50.3 Å². The molecule has 1 amide bonds. The number of rotatable bonds is 11. The molecule has 1 aromatic heterocycles. The number of cyclic esters (lactones) is 2. The Morgan fingerprint density at radius 1 is 1.14 bits per heavy atom. The van der Waals surface area contributed by atoms with Gasteiger partial charge in [0.05, 0.1) is 13.0 Å². The fraction of sp³-hybridized carbons (Fsp3) is 0.419. The molecule has 230 valence electrons. The molecule has 1 fully saturated rings. The molecule has 4 atom stereocenters. The van der Waals surface area contributed by atoms with E-state index in [1.807, 2.05) is 18.2 Å². The minimum atomic E-state index is -1.46. The van der Waals surface area contributed by atoms with Crippen molar-refractivity contribution in [1.82, 2.24) is 10.3 Å². The largest absolute Gasteiger partial charge is 0.493 e. The number of nitrogens with one attached hydrogen (secondary N) is 1. The molecule has 0 saturated carbocycles. The monoisotopic (exact) mass is 596 g/mol. The quantitative estimate of drug-likeness (QED) is 0.231. The number of aromatic nitrogens is 1. The van der Waals surface area contributed by atoms with E-state index in [2.05, 4.69) is 16.9 Å². The molecular formula is C31H36N2O10. The molecular weight excluding hydrogens is 560 g/mol. The SMILES string of the molecule is C=CCCC(=O)Oc1c(OC)ccnc1C(=O)NC1COC(=O)[C@H](Cc2ccccc2)C(OC(=O)C(C)C)[C@H](C)OC1=O. The number of carbonyl (C=O) groups excluding carboxylic acids is 5. The van der Waals surface area contributed by atoms with Crippen molar-refractivity contribution in [3.8, 4) is 11.5 Å². The molecule has 0 spiro atoms. The van der Waals surface area contributed by atoms with Crippen LogP contribution in [-0.4, -0.2) is 66.7 Å². The molecule has 2 heterocycles. The summed E-state index contributed by atoms with van der Waals surface area (Å²) in [6, 6.07) is 8.98. The maximum atomic E-state index is 13.4. The fourth-order valence-corrected chi connectivity index (χ4v) is 4.21. The van der Waals surface area contributed by atoms with Gasteiger partial charge in [-0.15, -0.1) is 6.58 Å². The van der Waals surface area contributed by atoms with Gasteiger partial charge in [-0.2, -0.15) is 0 Å². The van der Waals surface area contributed by atoms with Crippen molar-refractivity contribution >= 4 is 29.8 Å². The van der Waals surface area contributed by atoms with E-state index < -0.39 is 66.5 Å². The maximum Gasteiger partial charge on any atom is 0.332 e. The second-order valence-electron chi connectivity index (χ2n) is 10.1. The molecule has 1 saturated heterocycles. The van der Waals surface area contributed by atoms with Gasteiger partial charge in [0.1, 0.15) is 18.6 Å². The molecule has 0 radical (unpaired) electrons. The third kappa shape index (κ3) is 8.87. The van der Waals surface area contributed by atoms with Crippen LogP contribution >= 0.6 is 0 Å². The number of hydrogen-bond donors (Lipinski definition) is 1. The average molecular weight is 597 g/mol. The highest BCUT2D eigenvalue weighted by Gasteiger charge is 2.42. The zero-order valence-electron chi connectivity index (χ0n) is 24.6. The lowest BCUT2D eigenvalue weighted by Gasteiger charge is -2.29. The highest BCUT2D eigenvalue weighted by molar-refractivity contribution is 5.99. The molecule has 1 aliphatic heterocycles. The summed E-state index contributed by atoms with van der Waals surface area (Å²) in [6.45, 7) is 7.76. The van der Waals surface area contributed by atoms with Crippen LogP contribution in [-0.2, 0) is 39.8 Å². The predicted octanol–water partition coefficient (Wildman–Crippen LogP) is 2.98. The Labute approximate surface area is 249 Å². The summed E-state index contributed by atoms with van der Waals surface area (Å²) in [5.41, 5.74) is 0.431. The average Bonchev–Trinajstić information content (AvgIpc) is 3.02. The summed E-state index contributed by atoms with van der Waals surface area (Å²) in [4.78, 5) is 68.9. The van der Waals surface area contributed by atoms with Crippen molar-refractivity contribution in [2.45, 2.75) is 58.3 Å². The van der Waals surface area contributed by atoms with E-state index >= 15 is 0 Å². The Morgan fingerprint density at radius 2 is 1.86 bits per heavy atom. The second kappa shape index (κ2) is 15.5. The van der Waals surface area contributed by atoms with Crippen LogP contribution in [0.3, 0.4) is 0 Å². The van der Waals surface area contributed by atoms with Crippen LogP contribution in [0.15, 0.2) is 55.3 Å². The van der Waals surface area contributed by atoms with Crippen LogP contribution in [0.2, 0.25) is 0 Å². The molecule has 1 aliphatic rings. The molecule has 1 N–H and O–H groups in total.